The van der Waals surface area contributed by atoms with Crippen LogP contribution in [0.5, 0.6) is 5.75 Å². The summed E-state index contributed by atoms with van der Waals surface area (Å²) in [5, 5.41) is 8.02. The van der Waals surface area contributed by atoms with Gasteiger partial charge in [0, 0.05) is 19.7 Å². The zero-order chi connectivity index (χ0) is 20.1. The molecule has 3 aromatic rings. The molecule has 1 aromatic carbocycles. The molecule has 1 atom stereocenters. The Balaban J connectivity index is 1.36. The lowest BCUT2D eigenvalue weighted by Crippen LogP contribution is -2.46. The van der Waals surface area contributed by atoms with Crippen LogP contribution in [0.2, 0.25) is 0 Å². The minimum atomic E-state index is -0.126. The number of likely N-dealkylation sites (tertiary alicyclic amines) is 1. The van der Waals surface area contributed by atoms with Crippen LogP contribution in [0.1, 0.15) is 35.5 Å². The maximum absolute atomic E-state index is 12.8. The Bertz CT molecular complexity index is 921. The zero-order valence-corrected chi connectivity index (χ0v) is 16.2. The Hall–Kier alpha value is -3.20. The predicted molar refractivity (Wildman–Crippen MR) is 103 cm³/mol. The number of rotatable bonds is 7. The maximum Gasteiger partial charge on any atom is 0.276 e. The number of aromatic nitrogens is 4. The first kappa shape index (κ1) is 19.1. The van der Waals surface area contributed by atoms with Crippen molar-refractivity contribution >= 4 is 5.91 Å². The molecule has 0 bridgehead atoms. The van der Waals surface area contributed by atoms with E-state index in [-0.39, 0.29) is 18.6 Å². The highest BCUT2D eigenvalue weighted by molar-refractivity contribution is 5.92. The molecule has 0 spiro atoms. The fraction of sp³-hybridized carbons (Fsp3) is 0.400. The van der Waals surface area contributed by atoms with Crippen LogP contribution in [0, 0.1) is 0 Å². The number of ether oxygens (including phenoxy) is 2. The van der Waals surface area contributed by atoms with Crippen molar-refractivity contribution in [1.82, 2.24) is 24.8 Å². The van der Waals surface area contributed by atoms with Gasteiger partial charge < -0.3 is 18.9 Å². The van der Waals surface area contributed by atoms with E-state index < -0.39 is 0 Å². The lowest BCUT2D eigenvalue weighted by molar-refractivity contribution is 0.0419. The van der Waals surface area contributed by atoms with Crippen molar-refractivity contribution in [2.24, 2.45) is 0 Å². The molecular formula is C20H23N5O4. The van der Waals surface area contributed by atoms with E-state index in [4.69, 9.17) is 14.0 Å². The molecule has 9 heteroatoms. The summed E-state index contributed by atoms with van der Waals surface area (Å²) in [7, 11) is 1.65. The van der Waals surface area contributed by atoms with Gasteiger partial charge in [-0.1, -0.05) is 5.16 Å². The summed E-state index contributed by atoms with van der Waals surface area (Å²) in [6.45, 7) is 1.43. The van der Waals surface area contributed by atoms with Gasteiger partial charge in [-0.05, 0) is 43.5 Å². The fourth-order valence-corrected chi connectivity index (χ4v) is 3.45. The third kappa shape index (κ3) is 4.45. The van der Waals surface area contributed by atoms with E-state index in [9.17, 15) is 4.79 Å². The molecule has 1 aliphatic rings. The van der Waals surface area contributed by atoms with E-state index in [0.717, 1.165) is 24.9 Å². The second kappa shape index (κ2) is 8.87. The summed E-state index contributed by atoms with van der Waals surface area (Å²) < 4.78 is 18.0. The number of carbonyl (C=O) groups is 1. The standard InChI is InChI=1S/C20H23N5O4/c1-27-11-16-4-2-3-9-24(16)20(26)19-10-18(29-23-19)12-28-17-7-5-15(6-8-17)25-14-21-13-22-25/h5-8,10,13-14,16H,2-4,9,11-12H2,1H3/t16-/m0/s1. The van der Waals surface area contributed by atoms with Crippen LogP contribution in [-0.4, -0.2) is 57.0 Å². The summed E-state index contributed by atoms with van der Waals surface area (Å²) in [6, 6.07) is 9.16. The van der Waals surface area contributed by atoms with Gasteiger partial charge in [0.15, 0.2) is 11.5 Å². The van der Waals surface area contributed by atoms with Crippen molar-refractivity contribution in [3.63, 3.8) is 0 Å². The third-order valence-corrected chi connectivity index (χ3v) is 4.93. The van der Waals surface area contributed by atoms with Crippen LogP contribution < -0.4 is 4.74 Å². The van der Waals surface area contributed by atoms with Crippen molar-refractivity contribution in [2.75, 3.05) is 20.3 Å². The molecule has 4 rings (SSSR count). The summed E-state index contributed by atoms with van der Waals surface area (Å²) in [5.74, 6) is 1.04. The van der Waals surface area contributed by atoms with Crippen LogP contribution in [0.15, 0.2) is 47.5 Å². The van der Waals surface area contributed by atoms with Crippen molar-refractivity contribution in [3.05, 3.63) is 54.4 Å². The van der Waals surface area contributed by atoms with Crippen LogP contribution >= 0.6 is 0 Å². The van der Waals surface area contributed by atoms with Gasteiger partial charge in [0.05, 0.1) is 18.3 Å². The molecule has 0 radical (unpaired) electrons. The Morgan fingerprint density at radius 3 is 2.90 bits per heavy atom. The third-order valence-electron chi connectivity index (χ3n) is 4.93. The highest BCUT2D eigenvalue weighted by Gasteiger charge is 2.29. The molecular weight excluding hydrogens is 374 g/mol. The van der Waals surface area contributed by atoms with Crippen molar-refractivity contribution in [1.29, 1.82) is 0 Å². The number of amides is 1. The number of piperidine rings is 1. The van der Waals surface area contributed by atoms with Gasteiger partial charge in [0.2, 0.25) is 0 Å². The fourth-order valence-electron chi connectivity index (χ4n) is 3.45. The Morgan fingerprint density at radius 2 is 2.14 bits per heavy atom. The van der Waals surface area contributed by atoms with Gasteiger partial charge in [-0.2, -0.15) is 5.10 Å². The summed E-state index contributed by atoms with van der Waals surface area (Å²) in [4.78, 5) is 18.6. The summed E-state index contributed by atoms with van der Waals surface area (Å²) >= 11 is 0. The summed E-state index contributed by atoms with van der Waals surface area (Å²) in [5.41, 5.74) is 1.18. The lowest BCUT2D eigenvalue weighted by atomic mass is 10.0. The van der Waals surface area contributed by atoms with Gasteiger partial charge in [0.25, 0.3) is 5.91 Å². The molecule has 29 heavy (non-hydrogen) atoms. The van der Waals surface area contributed by atoms with Crippen molar-refractivity contribution in [2.45, 2.75) is 31.9 Å². The minimum absolute atomic E-state index is 0.0844. The Morgan fingerprint density at radius 1 is 1.28 bits per heavy atom. The molecule has 0 aliphatic carbocycles. The van der Waals surface area contributed by atoms with Crippen LogP contribution in [0.25, 0.3) is 5.69 Å². The minimum Gasteiger partial charge on any atom is -0.486 e. The van der Waals surface area contributed by atoms with E-state index >= 15 is 0 Å². The first-order valence-electron chi connectivity index (χ1n) is 9.58. The highest BCUT2D eigenvalue weighted by atomic mass is 16.5. The smallest absolute Gasteiger partial charge is 0.276 e. The van der Waals surface area contributed by atoms with E-state index in [1.165, 1.54) is 6.33 Å². The van der Waals surface area contributed by atoms with Gasteiger partial charge >= 0.3 is 0 Å². The predicted octanol–water partition coefficient (Wildman–Crippen LogP) is 2.48. The second-order valence-electron chi connectivity index (χ2n) is 6.90. The molecule has 3 heterocycles. The largest absolute Gasteiger partial charge is 0.486 e. The Labute approximate surface area is 168 Å². The Kier molecular flexibility index (Phi) is 5.85. The monoisotopic (exact) mass is 397 g/mol. The molecule has 0 N–H and O–H groups in total. The normalized spacial score (nSPS) is 16.7. The van der Waals surface area contributed by atoms with E-state index in [1.807, 2.05) is 29.2 Å². The average molecular weight is 397 g/mol. The van der Waals surface area contributed by atoms with Crippen LogP contribution in [-0.2, 0) is 11.3 Å². The number of methoxy groups -OCH3 is 1. The molecule has 1 amide bonds. The van der Waals surface area contributed by atoms with Gasteiger partial charge in [-0.3, -0.25) is 4.79 Å². The molecule has 1 fully saturated rings. The van der Waals surface area contributed by atoms with Crippen molar-refractivity contribution < 1.29 is 18.8 Å². The van der Waals surface area contributed by atoms with Crippen molar-refractivity contribution in [3.8, 4) is 11.4 Å². The molecule has 1 aliphatic heterocycles. The van der Waals surface area contributed by atoms with E-state index in [0.29, 0.717) is 30.4 Å². The molecule has 2 aromatic heterocycles. The number of carbonyl (C=O) groups excluding carboxylic acids is 1. The average Bonchev–Trinajstić information content (AvgIpc) is 3.45. The van der Waals surface area contributed by atoms with Crippen LogP contribution in [0.3, 0.4) is 0 Å². The molecule has 0 saturated carbocycles. The highest BCUT2D eigenvalue weighted by Crippen LogP contribution is 2.21. The maximum atomic E-state index is 12.8. The SMILES string of the molecule is COC[C@@H]1CCCCN1C(=O)c1cc(COc2ccc(-n3cncn3)cc2)on1. The number of hydrogen-bond acceptors (Lipinski definition) is 7. The van der Waals surface area contributed by atoms with Gasteiger partial charge in [-0.25, -0.2) is 9.67 Å². The zero-order valence-electron chi connectivity index (χ0n) is 16.2. The van der Waals surface area contributed by atoms with Gasteiger partial charge in [0.1, 0.15) is 25.0 Å². The molecule has 0 unspecified atom stereocenters. The number of nitrogens with zero attached hydrogens (tertiary/aromatic N) is 5. The van der Waals surface area contributed by atoms with E-state index in [1.54, 1.807) is 24.2 Å². The topological polar surface area (TPSA) is 95.5 Å². The molecule has 9 nitrogen and oxygen atoms in total. The summed E-state index contributed by atoms with van der Waals surface area (Å²) in [6.07, 6.45) is 6.14. The first-order valence-corrected chi connectivity index (χ1v) is 9.58. The van der Waals surface area contributed by atoms with E-state index in [2.05, 4.69) is 15.2 Å². The lowest BCUT2D eigenvalue weighted by Gasteiger charge is -2.34. The molecule has 1 saturated heterocycles. The quantitative estimate of drug-likeness (QED) is 0.604. The molecule has 152 valence electrons. The van der Waals surface area contributed by atoms with Gasteiger partial charge in [-0.15, -0.1) is 0 Å². The number of hydrogen-bond donors (Lipinski definition) is 0. The number of benzene rings is 1. The van der Waals surface area contributed by atoms with Crippen LogP contribution in [0.4, 0.5) is 0 Å². The first-order chi connectivity index (χ1) is 14.2. The second-order valence-corrected chi connectivity index (χ2v) is 6.90.